The Morgan fingerprint density at radius 3 is 2.75 bits per heavy atom. The van der Waals surface area contributed by atoms with Crippen LogP contribution in [-0.2, 0) is 0 Å². The third-order valence-corrected chi connectivity index (χ3v) is 4.55. The van der Waals surface area contributed by atoms with E-state index < -0.39 is 0 Å². The van der Waals surface area contributed by atoms with E-state index in [1.165, 1.54) is 31.4 Å². The Hall–Kier alpha value is -1.23. The van der Waals surface area contributed by atoms with E-state index in [1.54, 1.807) is 11.8 Å². The third-order valence-electron chi connectivity index (χ3n) is 3.45. The topological polar surface area (TPSA) is 50.4 Å². The van der Waals surface area contributed by atoms with Gasteiger partial charge >= 0.3 is 0 Å². The number of hydrogen-bond donors (Lipinski definition) is 2. The van der Waals surface area contributed by atoms with Crippen LogP contribution >= 0.6 is 11.8 Å². The third kappa shape index (κ3) is 5.41. The average molecular weight is 295 g/mol. The van der Waals surface area contributed by atoms with Crippen LogP contribution in [0.25, 0.3) is 0 Å². The summed E-state index contributed by atoms with van der Waals surface area (Å²) in [5, 5.41) is 3.14. The Balaban J connectivity index is 1.53. The molecule has 0 radical (unpaired) electrons. The van der Waals surface area contributed by atoms with Gasteiger partial charge in [0.1, 0.15) is 5.82 Å². The first-order valence-corrected chi connectivity index (χ1v) is 8.15. The van der Waals surface area contributed by atoms with Crippen molar-refractivity contribution >= 4 is 17.7 Å². The molecule has 3 nitrogen and oxygen atoms in total. The summed E-state index contributed by atoms with van der Waals surface area (Å²) in [4.78, 5) is 5.44. The molecule has 1 aliphatic carbocycles. The van der Waals surface area contributed by atoms with E-state index in [0.717, 1.165) is 36.1 Å². The molecule has 0 amide bonds. The van der Waals surface area contributed by atoms with Crippen molar-refractivity contribution < 1.29 is 4.39 Å². The Morgan fingerprint density at radius 2 is 2.10 bits per heavy atom. The van der Waals surface area contributed by atoms with Crippen LogP contribution in [0.3, 0.4) is 0 Å². The maximum Gasteiger partial charge on any atom is 0.188 e. The molecule has 5 heteroatoms. The number of hydrogen-bond acceptors (Lipinski definition) is 2. The highest BCUT2D eigenvalue weighted by atomic mass is 32.2. The monoisotopic (exact) mass is 295 g/mol. The van der Waals surface area contributed by atoms with Crippen molar-refractivity contribution in [1.29, 1.82) is 0 Å². The minimum atomic E-state index is -0.188. The Bertz CT molecular complexity index is 429. The molecule has 0 heterocycles. The molecule has 0 atom stereocenters. The average Bonchev–Trinajstić information content (AvgIpc) is 2.39. The van der Waals surface area contributed by atoms with Gasteiger partial charge in [0.25, 0.3) is 0 Å². The molecule has 0 unspecified atom stereocenters. The van der Waals surface area contributed by atoms with Gasteiger partial charge in [-0.25, -0.2) is 4.39 Å². The molecule has 0 aliphatic heterocycles. The number of guanidine groups is 1. The van der Waals surface area contributed by atoms with Crippen LogP contribution in [-0.4, -0.2) is 24.8 Å². The molecule has 110 valence electrons. The number of nitrogens with zero attached hydrogens (tertiary/aromatic N) is 1. The summed E-state index contributed by atoms with van der Waals surface area (Å²) in [6, 6.07) is 6.60. The van der Waals surface area contributed by atoms with Crippen LogP contribution in [0.15, 0.2) is 34.2 Å². The molecule has 1 saturated carbocycles. The molecule has 0 saturated heterocycles. The van der Waals surface area contributed by atoms with Gasteiger partial charge in [0, 0.05) is 18.0 Å². The van der Waals surface area contributed by atoms with E-state index in [-0.39, 0.29) is 5.82 Å². The Morgan fingerprint density at radius 1 is 1.35 bits per heavy atom. The number of nitrogens with one attached hydrogen (secondary N) is 1. The molecule has 20 heavy (non-hydrogen) atoms. The SMILES string of the molecule is NC(=NCC1CCC1)NCCCSc1ccc(F)cc1. The van der Waals surface area contributed by atoms with Crippen LogP contribution in [0.2, 0.25) is 0 Å². The Kier molecular flexibility index (Phi) is 6.18. The van der Waals surface area contributed by atoms with Gasteiger partial charge in [-0.2, -0.15) is 0 Å². The second kappa shape index (κ2) is 8.15. The highest BCUT2D eigenvalue weighted by Gasteiger charge is 2.16. The maximum atomic E-state index is 12.7. The lowest BCUT2D eigenvalue weighted by molar-refractivity contribution is 0.326. The first-order chi connectivity index (χ1) is 9.74. The summed E-state index contributed by atoms with van der Waals surface area (Å²) in [5.41, 5.74) is 5.80. The summed E-state index contributed by atoms with van der Waals surface area (Å²) in [7, 11) is 0. The normalized spacial score (nSPS) is 15.9. The van der Waals surface area contributed by atoms with Gasteiger partial charge in [0.15, 0.2) is 5.96 Å². The summed E-state index contributed by atoms with van der Waals surface area (Å²) in [5.74, 6) is 2.11. The van der Waals surface area contributed by atoms with Gasteiger partial charge in [0.2, 0.25) is 0 Å². The predicted octanol–water partition coefficient (Wildman–Crippen LogP) is 3.01. The van der Waals surface area contributed by atoms with Crippen molar-refractivity contribution in [3.05, 3.63) is 30.1 Å². The van der Waals surface area contributed by atoms with Crippen LogP contribution in [0, 0.1) is 11.7 Å². The van der Waals surface area contributed by atoms with Crippen molar-refractivity contribution in [2.75, 3.05) is 18.8 Å². The lowest BCUT2D eigenvalue weighted by atomic mass is 9.86. The highest BCUT2D eigenvalue weighted by molar-refractivity contribution is 7.99. The van der Waals surface area contributed by atoms with Crippen molar-refractivity contribution in [1.82, 2.24) is 5.32 Å². The van der Waals surface area contributed by atoms with Gasteiger partial charge in [-0.15, -0.1) is 11.8 Å². The number of rotatable bonds is 7. The quantitative estimate of drug-likeness (QED) is 0.352. The molecular formula is C15H22FN3S. The minimum absolute atomic E-state index is 0.188. The van der Waals surface area contributed by atoms with Crippen LogP contribution in [0.1, 0.15) is 25.7 Å². The van der Waals surface area contributed by atoms with Gasteiger partial charge in [-0.05, 0) is 55.2 Å². The first kappa shape index (κ1) is 15.2. The molecule has 0 aromatic heterocycles. The molecule has 2 rings (SSSR count). The van der Waals surface area contributed by atoms with Gasteiger partial charge in [0.05, 0.1) is 0 Å². The van der Waals surface area contributed by atoms with E-state index in [1.807, 2.05) is 12.1 Å². The minimum Gasteiger partial charge on any atom is -0.370 e. The lowest BCUT2D eigenvalue weighted by Gasteiger charge is -2.23. The van der Waals surface area contributed by atoms with Crippen molar-refractivity contribution in [2.45, 2.75) is 30.6 Å². The fraction of sp³-hybridized carbons (Fsp3) is 0.533. The molecular weight excluding hydrogens is 273 g/mol. The highest BCUT2D eigenvalue weighted by Crippen LogP contribution is 2.26. The summed E-state index contributed by atoms with van der Waals surface area (Å²) >= 11 is 1.72. The van der Waals surface area contributed by atoms with Crippen LogP contribution in [0.4, 0.5) is 4.39 Å². The summed E-state index contributed by atoms with van der Waals surface area (Å²) in [6.45, 7) is 1.69. The number of thioether (sulfide) groups is 1. The Labute approximate surface area is 124 Å². The van der Waals surface area contributed by atoms with Gasteiger partial charge in [-0.1, -0.05) is 6.42 Å². The second-order valence-corrected chi connectivity index (χ2v) is 6.27. The van der Waals surface area contributed by atoms with Crippen molar-refractivity contribution in [2.24, 2.45) is 16.6 Å². The zero-order valence-corrected chi connectivity index (χ0v) is 12.5. The van der Waals surface area contributed by atoms with E-state index >= 15 is 0 Å². The molecule has 0 bridgehead atoms. The fourth-order valence-corrected chi connectivity index (χ4v) is 2.82. The lowest BCUT2D eigenvalue weighted by Crippen LogP contribution is -2.33. The fourth-order valence-electron chi connectivity index (χ4n) is 1.97. The molecule has 1 aliphatic rings. The molecule has 0 spiro atoms. The zero-order valence-electron chi connectivity index (χ0n) is 11.6. The predicted molar refractivity (Wildman–Crippen MR) is 83.6 cm³/mol. The molecule has 1 aromatic rings. The number of benzene rings is 1. The van der Waals surface area contributed by atoms with Crippen molar-refractivity contribution in [3.63, 3.8) is 0 Å². The van der Waals surface area contributed by atoms with E-state index in [9.17, 15) is 4.39 Å². The number of halogens is 1. The molecule has 1 aromatic carbocycles. The van der Waals surface area contributed by atoms with Crippen LogP contribution in [0.5, 0.6) is 0 Å². The van der Waals surface area contributed by atoms with Gasteiger partial charge in [-0.3, -0.25) is 4.99 Å². The summed E-state index contributed by atoms with van der Waals surface area (Å²) in [6.07, 6.45) is 4.94. The smallest absolute Gasteiger partial charge is 0.188 e. The molecule has 1 fully saturated rings. The second-order valence-electron chi connectivity index (χ2n) is 5.11. The maximum absolute atomic E-state index is 12.7. The van der Waals surface area contributed by atoms with E-state index in [0.29, 0.717) is 5.96 Å². The van der Waals surface area contributed by atoms with Crippen molar-refractivity contribution in [3.8, 4) is 0 Å². The first-order valence-electron chi connectivity index (χ1n) is 7.16. The number of nitrogens with two attached hydrogens (primary N) is 1. The molecule has 3 N–H and O–H groups in total. The van der Waals surface area contributed by atoms with E-state index in [4.69, 9.17) is 5.73 Å². The summed E-state index contributed by atoms with van der Waals surface area (Å²) < 4.78 is 12.7. The zero-order chi connectivity index (χ0) is 14.2. The van der Waals surface area contributed by atoms with Gasteiger partial charge < -0.3 is 11.1 Å². The largest absolute Gasteiger partial charge is 0.370 e. The number of aliphatic imine (C=N–C) groups is 1. The van der Waals surface area contributed by atoms with Crippen LogP contribution < -0.4 is 11.1 Å². The van der Waals surface area contributed by atoms with E-state index in [2.05, 4.69) is 10.3 Å². The standard InChI is InChI=1S/C15H22FN3S/c16-13-5-7-14(8-6-13)20-10-2-9-18-15(17)19-11-12-3-1-4-12/h5-8,12H,1-4,9-11H2,(H3,17,18,19).